The highest BCUT2D eigenvalue weighted by atomic mass is 15.5. The van der Waals surface area contributed by atoms with E-state index in [4.69, 9.17) is 5.41 Å². The lowest BCUT2D eigenvalue weighted by Gasteiger charge is -2.25. The molecule has 14 heavy (non-hydrogen) atoms. The fraction of sp³-hybridized carbons (Fsp3) is 0.400. The second-order valence-electron chi connectivity index (χ2n) is 3.32. The van der Waals surface area contributed by atoms with Crippen molar-refractivity contribution in [1.82, 2.24) is 10.4 Å². The van der Waals surface area contributed by atoms with E-state index in [2.05, 4.69) is 24.3 Å². The molecule has 0 unspecified atom stereocenters. The van der Waals surface area contributed by atoms with Gasteiger partial charge in [-0.2, -0.15) is 0 Å². The Hall–Kier alpha value is -1.58. The average molecular weight is 192 g/mol. The number of hydrogen-bond donors (Lipinski definition) is 2. The molecule has 0 aromatic heterocycles. The Kier molecular flexibility index (Phi) is 3.45. The molecule has 0 saturated heterocycles. The second-order valence-corrected chi connectivity index (χ2v) is 3.32. The predicted molar refractivity (Wildman–Crippen MR) is 58.9 cm³/mol. The Bertz CT molecular complexity index is 299. The van der Waals surface area contributed by atoms with Gasteiger partial charge < -0.3 is 0 Å². The summed E-state index contributed by atoms with van der Waals surface area (Å²) < 4.78 is 0. The summed E-state index contributed by atoms with van der Waals surface area (Å²) in [6.07, 6.45) is 6.79. The molecule has 0 fully saturated rings. The van der Waals surface area contributed by atoms with E-state index in [1.54, 1.807) is 11.2 Å². The number of hydrazine groups is 1. The van der Waals surface area contributed by atoms with Gasteiger partial charge in [-0.05, 0) is 12.8 Å². The van der Waals surface area contributed by atoms with Crippen LogP contribution in [-0.4, -0.2) is 17.6 Å². The number of nitrogens with zero attached hydrogens (tertiary/aromatic N) is 2. The molecule has 76 valence electrons. The molecule has 4 heteroatoms. The maximum absolute atomic E-state index is 7.00. The van der Waals surface area contributed by atoms with Crippen LogP contribution in [-0.2, 0) is 0 Å². The van der Waals surface area contributed by atoms with Crippen LogP contribution in [0.3, 0.4) is 0 Å². The Morgan fingerprint density at radius 3 is 2.79 bits per heavy atom. The molecule has 1 aliphatic heterocycles. The van der Waals surface area contributed by atoms with Gasteiger partial charge in [0, 0.05) is 6.20 Å². The van der Waals surface area contributed by atoms with Crippen LogP contribution in [0.15, 0.2) is 28.7 Å². The Morgan fingerprint density at radius 1 is 1.57 bits per heavy atom. The first-order valence-electron chi connectivity index (χ1n) is 4.65. The quantitative estimate of drug-likeness (QED) is 0.530. The monoisotopic (exact) mass is 192 g/mol. The lowest BCUT2D eigenvalue weighted by Crippen LogP contribution is -2.34. The van der Waals surface area contributed by atoms with Gasteiger partial charge in [0.25, 0.3) is 0 Å². The van der Waals surface area contributed by atoms with E-state index >= 15 is 0 Å². The van der Waals surface area contributed by atoms with Crippen molar-refractivity contribution >= 4 is 12.6 Å². The highest BCUT2D eigenvalue weighted by Crippen LogP contribution is 2.17. The predicted octanol–water partition coefficient (Wildman–Crippen LogP) is 1.89. The first-order valence-corrected chi connectivity index (χ1v) is 4.65. The van der Waals surface area contributed by atoms with Crippen molar-refractivity contribution in [3.8, 4) is 0 Å². The summed E-state index contributed by atoms with van der Waals surface area (Å²) >= 11 is 0. The van der Waals surface area contributed by atoms with Gasteiger partial charge in [0.1, 0.15) is 0 Å². The van der Waals surface area contributed by atoms with Crippen LogP contribution in [0.25, 0.3) is 0 Å². The van der Waals surface area contributed by atoms with Crippen molar-refractivity contribution < 1.29 is 0 Å². The van der Waals surface area contributed by atoms with E-state index < -0.39 is 0 Å². The number of allylic oxidation sites excluding steroid dienone is 3. The van der Waals surface area contributed by atoms with Crippen molar-refractivity contribution in [1.29, 1.82) is 5.41 Å². The van der Waals surface area contributed by atoms with Crippen molar-refractivity contribution in [3.63, 3.8) is 0 Å². The third-order valence-corrected chi connectivity index (χ3v) is 1.98. The zero-order valence-electron chi connectivity index (χ0n) is 8.78. The molecule has 0 amide bonds. The van der Waals surface area contributed by atoms with Crippen LogP contribution in [0.2, 0.25) is 0 Å². The molecule has 1 rings (SSSR count). The fourth-order valence-electron chi connectivity index (χ4n) is 1.14. The van der Waals surface area contributed by atoms with Crippen LogP contribution in [0.1, 0.15) is 20.8 Å². The van der Waals surface area contributed by atoms with Gasteiger partial charge in [-0.3, -0.25) is 20.8 Å². The molecule has 0 bridgehead atoms. The molecule has 0 aromatic rings. The minimum atomic E-state index is 0.389. The number of hydrogen-bond acceptors (Lipinski definition) is 3. The van der Waals surface area contributed by atoms with E-state index in [0.717, 1.165) is 17.7 Å². The van der Waals surface area contributed by atoms with Crippen molar-refractivity contribution in [2.24, 2.45) is 10.9 Å². The van der Waals surface area contributed by atoms with Gasteiger partial charge in [0.05, 0.1) is 23.9 Å². The summed E-state index contributed by atoms with van der Waals surface area (Å²) in [5.41, 5.74) is 4.76. The van der Waals surface area contributed by atoms with Crippen LogP contribution in [0.4, 0.5) is 0 Å². The van der Waals surface area contributed by atoms with Crippen molar-refractivity contribution in [3.05, 3.63) is 23.7 Å². The summed E-state index contributed by atoms with van der Waals surface area (Å²) in [5.74, 6) is 0.389. The van der Waals surface area contributed by atoms with E-state index in [-0.39, 0.29) is 0 Å². The van der Waals surface area contributed by atoms with Gasteiger partial charge in [-0.15, -0.1) is 0 Å². The zero-order valence-corrected chi connectivity index (χ0v) is 8.78. The third kappa shape index (κ3) is 2.22. The lowest BCUT2D eigenvalue weighted by molar-refractivity contribution is 0.429. The summed E-state index contributed by atoms with van der Waals surface area (Å²) in [7, 11) is 0. The molecule has 0 atom stereocenters. The highest BCUT2D eigenvalue weighted by Gasteiger charge is 2.11. The Labute approximate surface area is 84.5 Å². The largest absolute Gasteiger partial charge is 0.290 e. The zero-order chi connectivity index (χ0) is 10.6. The van der Waals surface area contributed by atoms with Gasteiger partial charge in [0.15, 0.2) is 0 Å². The molecule has 1 heterocycles. The molecule has 0 aliphatic carbocycles. The van der Waals surface area contributed by atoms with Crippen LogP contribution in [0, 0.1) is 11.3 Å². The maximum atomic E-state index is 7.00. The molecule has 2 N–H and O–H groups in total. The molecular weight excluding hydrogens is 176 g/mol. The number of rotatable bonds is 3. The molecule has 0 radical (unpaired) electrons. The van der Waals surface area contributed by atoms with E-state index in [0.29, 0.717) is 5.92 Å². The SMILES string of the molecule is C/C=C1/C=NC(C(C)C)=CN1NC=N. The van der Waals surface area contributed by atoms with Crippen LogP contribution < -0.4 is 5.43 Å². The van der Waals surface area contributed by atoms with E-state index in [9.17, 15) is 0 Å². The molecule has 1 aliphatic rings. The summed E-state index contributed by atoms with van der Waals surface area (Å²) in [4.78, 5) is 4.32. The molecule has 0 aromatic carbocycles. The van der Waals surface area contributed by atoms with Crippen molar-refractivity contribution in [2.45, 2.75) is 20.8 Å². The normalized spacial score (nSPS) is 18.7. The van der Waals surface area contributed by atoms with Gasteiger partial charge >= 0.3 is 0 Å². The lowest BCUT2D eigenvalue weighted by atomic mass is 10.1. The molecule has 0 saturated carbocycles. The smallest absolute Gasteiger partial charge is 0.0982 e. The standard InChI is InChI=1S/C10H16N4/c1-4-9-5-12-10(8(2)3)6-14(9)13-7-11/h4-8H,1-3H3,(H2,11,13)/b9-4-. The Balaban J connectivity index is 2.88. The minimum Gasteiger partial charge on any atom is -0.290 e. The molecule has 0 spiro atoms. The number of nitrogens with one attached hydrogen (secondary N) is 2. The third-order valence-electron chi connectivity index (χ3n) is 1.98. The van der Waals surface area contributed by atoms with Crippen LogP contribution in [0.5, 0.6) is 0 Å². The molecule has 4 nitrogen and oxygen atoms in total. The minimum absolute atomic E-state index is 0.389. The van der Waals surface area contributed by atoms with Gasteiger partial charge in [-0.1, -0.05) is 19.9 Å². The summed E-state index contributed by atoms with van der Waals surface area (Å²) in [5, 5.41) is 8.79. The maximum Gasteiger partial charge on any atom is 0.0982 e. The summed E-state index contributed by atoms with van der Waals surface area (Å²) in [6, 6.07) is 0. The first kappa shape index (κ1) is 10.5. The molecular formula is C10H16N4. The van der Waals surface area contributed by atoms with Crippen LogP contribution >= 0.6 is 0 Å². The van der Waals surface area contributed by atoms with Gasteiger partial charge in [-0.25, -0.2) is 0 Å². The van der Waals surface area contributed by atoms with E-state index in [1.165, 1.54) is 0 Å². The highest BCUT2D eigenvalue weighted by molar-refractivity contribution is 5.80. The second kappa shape index (κ2) is 4.60. The Morgan fingerprint density at radius 2 is 2.29 bits per heavy atom. The van der Waals surface area contributed by atoms with Crippen molar-refractivity contribution in [2.75, 3.05) is 0 Å². The number of aliphatic imine (C=N–C) groups is 1. The topological polar surface area (TPSA) is 51.5 Å². The van der Waals surface area contributed by atoms with E-state index in [1.807, 2.05) is 19.2 Å². The average Bonchev–Trinajstić information content (AvgIpc) is 2.18. The summed E-state index contributed by atoms with van der Waals surface area (Å²) in [6.45, 7) is 6.12. The van der Waals surface area contributed by atoms with Gasteiger partial charge in [0.2, 0.25) is 0 Å². The fourth-order valence-corrected chi connectivity index (χ4v) is 1.14. The first-order chi connectivity index (χ1) is 6.69.